The summed E-state index contributed by atoms with van der Waals surface area (Å²) in [6, 6.07) is 25.9. The van der Waals surface area contributed by atoms with Gasteiger partial charge in [0.15, 0.2) is 0 Å². The lowest BCUT2D eigenvalue weighted by Gasteiger charge is -2.32. The Hall–Kier alpha value is -4.36. The number of hydrogen-bond donors (Lipinski definition) is 0. The summed E-state index contributed by atoms with van der Waals surface area (Å²) < 4.78 is 17.4. The second kappa shape index (κ2) is 11.1. The first-order valence-corrected chi connectivity index (χ1v) is 14.8. The van der Waals surface area contributed by atoms with Gasteiger partial charge in [0.1, 0.15) is 18.1 Å². The number of rotatable bonds is 9. The van der Waals surface area contributed by atoms with Crippen LogP contribution in [-0.2, 0) is 23.5 Å². The average Bonchev–Trinajstić information content (AvgIpc) is 3.49. The number of esters is 1. The van der Waals surface area contributed by atoms with Crippen molar-refractivity contribution in [3.63, 3.8) is 0 Å². The van der Waals surface area contributed by atoms with Gasteiger partial charge in [0.05, 0.1) is 11.3 Å². The zero-order chi connectivity index (χ0) is 29.4. The van der Waals surface area contributed by atoms with E-state index in [-0.39, 0.29) is 0 Å². The fourth-order valence-corrected chi connectivity index (χ4v) is 6.25. The van der Waals surface area contributed by atoms with Crippen LogP contribution in [0.1, 0.15) is 57.8 Å². The quantitative estimate of drug-likeness (QED) is 0.123. The average molecular weight is 623 g/mol. The number of fused-ring (bicyclic) bond motifs is 2. The summed E-state index contributed by atoms with van der Waals surface area (Å²) in [5.74, 6) is 0.203. The number of carbonyl (C=O) groups excluding carboxylic acids is 1. The molecule has 3 aromatic carbocycles. The normalized spacial score (nSPS) is 15.9. The van der Waals surface area contributed by atoms with E-state index >= 15 is 0 Å². The topological polar surface area (TPSA) is 56.6 Å². The van der Waals surface area contributed by atoms with Gasteiger partial charge in [0.2, 0.25) is 5.60 Å². The summed E-state index contributed by atoms with van der Waals surface area (Å²) >= 11 is 3.66. The molecule has 0 radical (unpaired) electrons. The largest absolute Gasteiger partial charge is 0.488 e. The molecule has 7 heteroatoms. The maximum Gasteiger partial charge on any atom is 0.341 e. The number of cyclic esters (lactones) is 1. The molecule has 6 nitrogen and oxygen atoms in total. The molecule has 0 amide bonds. The van der Waals surface area contributed by atoms with E-state index in [1.807, 2.05) is 64.6 Å². The number of halogens is 1. The number of ether oxygens (including phenoxy) is 2. The van der Waals surface area contributed by atoms with Gasteiger partial charge in [-0.3, -0.25) is 4.98 Å². The summed E-state index contributed by atoms with van der Waals surface area (Å²) in [7, 11) is 0. The first kappa shape index (κ1) is 27.8. The summed E-state index contributed by atoms with van der Waals surface area (Å²) in [6.07, 6.45) is 3.54. The minimum atomic E-state index is -1.32. The number of anilines is 1. The lowest BCUT2D eigenvalue weighted by molar-refractivity contribution is 0.0236. The number of para-hydroxylation sites is 1. The Morgan fingerprint density at radius 3 is 2.60 bits per heavy atom. The van der Waals surface area contributed by atoms with Gasteiger partial charge in [-0.15, -0.1) is 0 Å². The van der Waals surface area contributed by atoms with Gasteiger partial charge in [-0.25, -0.2) is 4.79 Å². The summed E-state index contributed by atoms with van der Waals surface area (Å²) in [5, 5.41) is 1.01. The lowest BCUT2D eigenvalue weighted by atomic mass is 9.80. The van der Waals surface area contributed by atoms with Gasteiger partial charge in [-0.1, -0.05) is 55.1 Å². The van der Waals surface area contributed by atoms with Gasteiger partial charge >= 0.3 is 5.97 Å². The standard InChI is InChI=1S/C35H32BrN3O3/c1-5-24-14-16-25(17-15-24)22-41-31-21-26(39(36)7-3)18-19-29(31)35(33-28(34(40)42-35)12-10-20-37-33)32-23(4)38(6-2)30-13-9-8-11-27(30)32/h5,8-21H,1,6-7,22H2,2-4H3. The molecule has 0 saturated carbocycles. The van der Waals surface area contributed by atoms with Crippen molar-refractivity contribution in [1.82, 2.24) is 9.55 Å². The van der Waals surface area contributed by atoms with E-state index in [9.17, 15) is 4.79 Å². The van der Waals surface area contributed by atoms with Crippen molar-refractivity contribution in [2.75, 3.05) is 10.5 Å². The minimum absolute atomic E-state index is 0.330. The maximum absolute atomic E-state index is 13.6. The highest BCUT2D eigenvalue weighted by Crippen LogP contribution is 2.53. The van der Waals surface area contributed by atoms with Crippen LogP contribution in [0.5, 0.6) is 5.75 Å². The molecule has 1 aliphatic rings. The highest BCUT2D eigenvalue weighted by molar-refractivity contribution is 9.10. The molecule has 1 aliphatic heterocycles. The first-order valence-electron chi connectivity index (χ1n) is 14.1. The van der Waals surface area contributed by atoms with Crippen molar-refractivity contribution >= 4 is 44.8 Å². The molecule has 0 fully saturated rings. The Morgan fingerprint density at radius 1 is 1.07 bits per heavy atom. The summed E-state index contributed by atoms with van der Waals surface area (Å²) in [5.41, 5.74) is 6.38. The number of nitrogens with zero attached hydrogens (tertiary/aromatic N) is 3. The Bertz CT molecular complexity index is 1810. The van der Waals surface area contributed by atoms with Gasteiger partial charge in [-0.05, 0) is 62.2 Å². The zero-order valence-corrected chi connectivity index (χ0v) is 25.5. The first-order chi connectivity index (χ1) is 20.4. The smallest absolute Gasteiger partial charge is 0.341 e. The molecule has 0 bridgehead atoms. The fourth-order valence-electron chi connectivity index (χ4n) is 6.03. The highest BCUT2D eigenvalue weighted by Gasteiger charge is 2.54. The van der Waals surface area contributed by atoms with Crippen LogP contribution in [0.4, 0.5) is 5.69 Å². The molecule has 0 spiro atoms. The Balaban J connectivity index is 1.63. The second-order valence-corrected chi connectivity index (χ2v) is 11.1. The van der Waals surface area contributed by atoms with E-state index in [4.69, 9.17) is 14.5 Å². The molecule has 5 aromatic rings. The van der Waals surface area contributed by atoms with Crippen molar-refractivity contribution in [3.8, 4) is 5.75 Å². The third-order valence-electron chi connectivity index (χ3n) is 8.02. The Morgan fingerprint density at radius 2 is 1.86 bits per heavy atom. The molecule has 0 aliphatic carbocycles. The monoisotopic (exact) mass is 621 g/mol. The van der Waals surface area contributed by atoms with Gasteiger partial charge in [0.25, 0.3) is 0 Å². The molecular formula is C35H32BrN3O3. The number of aryl methyl sites for hydroxylation is 1. The van der Waals surface area contributed by atoms with Crippen LogP contribution in [0, 0.1) is 6.92 Å². The SMILES string of the molecule is C=Cc1ccc(COc2cc(N(Br)CC)ccc2C2(c3c(C)n(CC)c4ccccc34)OC(=O)c3cccnc32)cc1. The fraction of sp³-hybridized carbons (Fsp3) is 0.200. The summed E-state index contributed by atoms with van der Waals surface area (Å²) in [6.45, 7) is 12.0. The number of aromatic nitrogens is 2. The Kier molecular flexibility index (Phi) is 7.37. The molecular weight excluding hydrogens is 590 g/mol. The van der Waals surface area contributed by atoms with Crippen molar-refractivity contribution in [2.45, 2.75) is 39.5 Å². The van der Waals surface area contributed by atoms with Crippen LogP contribution < -0.4 is 8.66 Å². The predicted molar refractivity (Wildman–Crippen MR) is 171 cm³/mol. The van der Waals surface area contributed by atoms with E-state index < -0.39 is 11.6 Å². The third-order valence-corrected chi connectivity index (χ3v) is 8.93. The number of benzene rings is 3. The van der Waals surface area contributed by atoms with E-state index in [1.165, 1.54) is 0 Å². The molecule has 42 heavy (non-hydrogen) atoms. The van der Waals surface area contributed by atoms with Crippen molar-refractivity contribution < 1.29 is 14.3 Å². The van der Waals surface area contributed by atoms with Gasteiger partial charge in [-0.2, -0.15) is 0 Å². The molecule has 0 saturated heterocycles. The molecule has 6 rings (SSSR count). The number of pyridine rings is 1. The predicted octanol–water partition coefficient (Wildman–Crippen LogP) is 8.19. The van der Waals surface area contributed by atoms with Crippen LogP contribution >= 0.6 is 16.1 Å². The summed E-state index contributed by atoms with van der Waals surface area (Å²) in [4.78, 5) is 18.4. The van der Waals surface area contributed by atoms with E-state index in [1.54, 1.807) is 18.3 Å². The van der Waals surface area contributed by atoms with Crippen LogP contribution in [0.3, 0.4) is 0 Å². The highest BCUT2D eigenvalue weighted by atomic mass is 79.9. The van der Waals surface area contributed by atoms with Crippen LogP contribution in [0.15, 0.2) is 91.6 Å². The van der Waals surface area contributed by atoms with Crippen LogP contribution in [0.2, 0.25) is 0 Å². The van der Waals surface area contributed by atoms with E-state index in [2.05, 4.69) is 60.2 Å². The lowest BCUT2D eigenvalue weighted by Crippen LogP contribution is -2.32. The molecule has 2 aromatic heterocycles. The number of hydrogen-bond acceptors (Lipinski definition) is 5. The third kappa shape index (κ3) is 4.40. The van der Waals surface area contributed by atoms with Gasteiger partial charge < -0.3 is 18.0 Å². The zero-order valence-electron chi connectivity index (χ0n) is 23.9. The van der Waals surface area contributed by atoms with E-state index in [0.29, 0.717) is 23.6 Å². The van der Waals surface area contributed by atoms with Crippen LogP contribution in [0.25, 0.3) is 17.0 Å². The molecule has 0 N–H and O–H groups in total. The maximum atomic E-state index is 13.6. The minimum Gasteiger partial charge on any atom is -0.488 e. The molecule has 212 valence electrons. The van der Waals surface area contributed by atoms with Crippen molar-refractivity contribution in [3.05, 3.63) is 131 Å². The van der Waals surface area contributed by atoms with Crippen molar-refractivity contribution in [2.24, 2.45) is 0 Å². The number of carbonyl (C=O) groups is 1. The van der Waals surface area contributed by atoms with E-state index in [0.717, 1.165) is 57.6 Å². The Labute approximate surface area is 254 Å². The van der Waals surface area contributed by atoms with Crippen molar-refractivity contribution in [1.29, 1.82) is 0 Å². The molecule has 1 unspecified atom stereocenters. The van der Waals surface area contributed by atoms with Crippen LogP contribution in [-0.4, -0.2) is 22.1 Å². The molecule has 1 atom stereocenters. The van der Waals surface area contributed by atoms with Gasteiger partial charge in [0, 0.05) is 69.2 Å². The molecule has 3 heterocycles. The second-order valence-electron chi connectivity index (χ2n) is 10.3.